The molecule has 11 heavy (non-hydrogen) atoms. The Balaban J connectivity index is 2.57. The molecule has 0 aromatic heterocycles. The molecular weight excluding hydrogens is 134 g/mol. The van der Waals surface area contributed by atoms with Gasteiger partial charge in [-0.3, -0.25) is 0 Å². The zero-order valence-electron chi connectivity index (χ0n) is 8.09. The standard InChI is InChI=1S/C10H19N/c1-9-5-7-11(8-6-9)10(2,3)4/h5,7,9H,6,8H2,1-4H3. The van der Waals surface area contributed by atoms with E-state index in [2.05, 4.69) is 44.9 Å². The van der Waals surface area contributed by atoms with Gasteiger partial charge in [0, 0.05) is 12.1 Å². The predicted octanol–water partition coefficient (Wildman–Crippen LogP) is 2.64. The summed E-state index contributed by atoms with van der Waals surface area (Å²) in [5.74, 6) is 0.772. The molecule has 1 unspecified atom stereocenters. The van der Waals surface area contributed by atoms with Gasteiger partial charge in [-0.05, 0) is 39.3 Å². The molecule has 1 aliphatic heterocycles. The van der Waals surface area contributed by atoms with E-state index >= 15 is 0 Å². The summed E-state index contributed by atoms with van der Waals surface area (Å²) in [5, 5.41) is 0. The molecule has 1 atom stereocenters. The van der Waals surface area contributed by atoms with Crippen molar-refractivity contribution in [3.05, 3.63) is 12.3 Å². The lowest BCUT2D eigenvalue weighted by atomic mass is 9.99. The van der Waals surface area contributed by atoms with Gasteiger partial charge in [-0.1, -0.05) is 13.0 Å². The summed E-state index contributed by atoms with van der Waals surface area (Å²) in [6, 6.07) is 0. The molecule has 0 spiro atoms. The van der Waals surface area contributed by atoms with E-state index in [4.69, 9.17) is 0 Å². The molecule has 0 bridgehead atoms. The van der Waals surface area contributed by atoms with Crippen LogP contribution in [0.15, 0.2) is 12.3 Å². The van der Waals surface area contributed by atoms with E-state index in [1.807, 2.05) is 0 Å². The van der Waals surface area contributed by atoms with Crippen LogP contribution in [0.2, 0.25) is 0 Å². The molecule has 1 nitrogen and oxygen atoms in total. The molecule has 0 fully saturated rings. The van der Waals surface area contributed by atoms with Crippen molar-refractivity contribution in [2.45, 2.75) is 39.7 Å². The van der Waals surface area contributed by atoms with Crippen molar-refractivity contribution >= 4 is 0 Å². The van der Waals surface area contributed by atoms with E-state index in [0.29, 0.717) is 5.54 Å². The van der Waals surface area contributed by atoms with Gasteiger partial charge in [0.15, 0.2) is 0 Å². The normalized spacial score (nSPS) is 25.8. The van der Waals surface area contributed by atoms with Crippen molar-refractivity contribution < 1.29 is 0 Å². The second-order valence-corrected chi connectivity index (χ2v) is 4.47. The average molecular weight is 153 g/mol. The second-order valence-electron chi connectivity index (χ2n) is 4.47. The SMILES string of the molecule is CC1C=CN(C(C)(C)C)CC1. The first-order valence-electron chi connectivity index (χ1n) is 4.45. The van der Waals surface area contributed by atoms with Crippen LogP contribution in [-0.4, -0.2) is 17.0 Å². The molecule has 0 saturated carbocycles. The third kappa shape index (κ3) is 2.25. The van der Waals surface area contributed by atoms with Crippen LogP contribution >= 0.6 is 0 Å². The maximum Gasteiger partial charge on any atom is 0.0312 e. The van der Waals surface area contributed by atoms with Crippen molar-refractivity contribution in [3.63, 3.8) is 0 Å². The van der Waals surface area contributed by atoms with Crippen LogP contribution < -0.4 is 0 Å². The van der Waals surface area contributed by atoms with E-state index in [1.54, 1.807) is 0 Å². The van der Waals surface area contributed by atoms with E-state index in [1.165, 1.54) is 13.0 Å². The highest BCUT2D eigenvalue weighted by Crippen LogP contribution is 2.20. The summed E-state index contributed by atoms with van der Waals surface area (Å²) in [6.45, 7) is 10.3. The summed E-state index contributed by atoms with van der Waals surface area (Å²) in [5.41, 5.74) is 0.302. The molecule has 0 N–H and O–H groups in total. The molecule has 1 rings (SSSR count). The fourth-order valence-corrected chi connectivity index (χ4v) is 1.32. The molecule has 1 heterocycles. The molecule has 0 aromatic rings. The molecule has 0 aromatic carbocycles. The lowest BCUT2D eigenvalue weighted by Gasteiger charge is -2.37. The maximum atomic E-state index is 2.41. The minimum absolute atomic E-state index is 0.302. The third-order valence-corrected chi connectivity index (χ3v) is 2.28. The number of hydrogen-bond acceptors (Lipinski definition) is 1. The Morgan fingerprint density at radius 2 is 2.00 bits per heavy atom. The quantitative estimate of drug-likeness (QED) is 0.517. The fraction of sp³-hybridized carbons (Fsp3) is 0.800. The summed E-state index contributed by atoms with van der Waals surface area (Å²) in [6.07, 6.45) is 5.84. The van der Waals surface area contributed by atoms with Crippen molar-refractivity contribution in [1.29, 1.82) is 0 Å². The lowest BCUT2D eigenvalue weighted by Crippen LogP contribution is -2.39. The van der Waals surface area contributed by atoms with Gasteiger partial charge in [-0.2, -0.15) is 0 Å². The van der Waals surface area contributed by atoms with Gasteiger partial charge in [0.25, 0.3) is 0 Å². The molecule has 0 aliphatic carbocycles. The summed E-state index contributed by atoms with van der Waals surface area (Å²) in [7, 11) is 0. The van der Waals surface area contributed by atoms with Gasteiger partial charge in [-0.25, -0.2) is 0 Å². The second kappa shape index (κ2) is 2.88. The smallest absolute Gasteiger partial charge is 0.0312 e. The van der Waals surface area contributed by atoms with Crippen LogP contribution in [0.1, 0.15) is 34.1 Å². The maximum absolute atomic E-state index is 2.41. The van der Waals surface area contributed by atoms with Crippen molar-refractivity contribution in [1.82, 2.24) is 4.90 Å². The van der Waals surface area contributed by atoms with Crippen LogP contribution in [0.4, 0.5) is 0 Å². The Hall–Kier alpha value is -0.460. The van der Waals surface area contributed by atoms with Gasteiger partial charge in [0.05, 0.1) is 0 Å². The third-order valence-electron chi connectivity index (χ3n) is 2.28. The number of nitrogens with zero attached hydrogens (tertiary/aromatic N) is 1. The van der Waals surface area contributed by atoms with E-state index in [9.17, 15) is 0 Å². The fourth-order valence-electron chi connectivity index (χ4n) is 1.32. The summed E-state index contributed by atoms with van der Waals surface area (Å²) in [4.78, 5) is 2.41. The molecule has 1 heteroatoms. The number of hydrogen-bond donors (Lipinski definition) is 0. The largest absolute Gasteiger partial charge is 0.373 e. The minimum Gasteiger partial charge on any atom is -0.373 e. The monoisotopic (exact) mass is 153 g/mol. The van der Waals surface area contributed by atoms with Crippen molar-refractivity contribution in [3.8, 4) is 0 Å². The lowest BCUT2D eigenvalue weighted by molar-refractivity contribution is 0.186. The first kappa shape index (κ1) is 8.63. The van der Waals surface area contributed by atoms with E-state index < -0.39 is 0 Å². The van der Waals surface area contributed by atoms with Gasteiger partial charge in [-0.15, -0.1) is 0 Å². The minimum atomic E-state index is 0.302. The van der Waals surface area contributed by atoms with Gasteiger partial charge < -0.3 is 4.90 Å². The van der Waals surface area contributed by atoms with Crippen LogP contribution in [-0.2, 0) is 0 Å². The number of allylic oxidation sites excluding steroid dienone is 1. The Morgan fingerprint density at radius 1 is 1.36 bits per heavy atom. The molecule has 0 radical (unpaired) electrons. The van der Waals surface area contributed by atoms with Gasteiger partial charge in [0.1, 0.15) is 0 Å². The van der Waals surface area contributed by atoms with Crippen LogP contribution in [0.25, 0.3) is 0 Å². The Morgan fingerprint density at radius 3 is 2.36 bits per heavy atom. The van der Waals surface area contributed by atoms with Crippen molar-refractivity contribution in [2.75, 3.05) is 6.54 Å². The predicted molar refractivity (Wildman–Crippen MR) is 49.4 cm³/mol. The van der Waals surface area contributed by atoms with Crippen molar-refractivity contribution in [2.24, 2.45) is 5.92 Å². The number of rotatable bonds is 0. The summed E-state index contributed by atoms with van der Waals surface area (Å²) < 4.78 is 0. The zero-order valence-corrected chi connectivity index (χ0v) is 8.09. The summed E-state index contributed by atoms with van der Waals surface area (Å²) >= 11 is 0. The van der Waals surface area contributed by atoms with Crippen LogP contribution in [0, 0.1) is 5.92 Å². The van der Waals surface area contributed by atoms with Crippen LogP contribution in [0.3, 0.4) is 0 Å². The van der Waals surface area contributed by atoms with Gasteiger partial charge >= 0.3 is 0 Å². The molecule has 0 saturated heterocycles. The first-order chi connectivity index (χ1) is 5.00. The van der Waals surface area contributed by atoms with E-state index in [0.717, 1.165) is 5.92 Å². The highest BCUT2D eigenvalue weighted by molar-refractivity contribution is 4.96. The topological polar surface area (TPSA) is 3.24 Å². The highest BCUT2D eigenvalue weighted by atomic mass is 15.2. The molecular formula is C10H19N. The molecule has 1 aliphatic rings. The van der Waals surface area contributed by atoms with Crippen LogP contribution in [0.5, 0.6) is 0 Å². The molecule has 0 amide bonds. The Labute approximate surface area is 70.1 Å². The average Bonchev–Trinajstić information content (AvgIpc) is 1.86. The first-order valence-corrected chi connectivity index (χ1v) is 4.45. The van der Waals surface area contributed by atoms with E-state index in [-0.39, 0.29) is 0 Å². The molecule has 64 valence electrons. The Kier molecular flexibility index (Phi) is 2.26. The zero-order chi connectivity index (χ0) is 8.48. The Bertz CT molecular complexity index is 153. The highest BCUT2D eigenvalue weighted by Gasteiger charge is 2.20. The van der Waals surface area contributed by atoms with Gasteiger partial charge in [0.2, 0.25) is 0 Å².